The van der Waals surface area contributed by atoms with Crippen LogP contribution in [0.4, 0.5) is 11.6 Å². The van der Waals surface area contributed by atoms with Crippen molar-refractivity contribution in [3.63, 3.8) is 0 Å². The van der Waals surface area contributed by atoms with Crippen molar-refractivity contribution in [2.45, 2.75) is 13.3 Å². The lowest BCUT2D eigenvalue weighted by Gasteiger charge is -2.15. The van der Waals surface area contributed by atoms with Crippen molar-refractivity contribution in [3.05, 3.63) is 77.1 Å². The van der Waals surface area contributed by atoms with E-state index in [-0.39, 0.29) is 28.5 Å². The number of hydrogen-bond acceptors (Lipinski definition) is 8. The van der Waals surface area contributed by atoms with E-state index in [2.05, 4.69) is 30.6 Å². The Bertz CT molecular complexity index is 2010. The molecule has 0 unspecified atom stereocenters. The van der Waals surface area contributed by atoms with Gasteiger partial charge < -0.3 is 26.5 Å². The Hall–Kier alpha value is -5.36. The summed E-state index contributed by atoms with van der Waals surface area (Å²) in [5.74, 6) is -2.02. The van der Waals surface area contributed by atoms with Crippen LogP contribution >= 0.6 is 11.3 Å². The first-order valence-electron chi connectivity index (χ1n) is 12.7. The molecule has 0 atom stereocenters. The average Bonchev–Trinajstić information content (AvgIpc) is 3.60. The number of benzene rings is 2. The summed E-state index contributed by atoms with van der Waals surface area (Å²) >= 11 is 1.52. The van der Waals surface area contributed by atoms with Crippen molar-refractivity contribution < 1.29 is 19.5 Å². The summed E-state index contributed by atoms with van der Waals surface area (Å²) in [6, 6.07) is 13.4. The minimum absolute atomic E-state index is 0.0306. The highest BCUT2D eigenvalue weighted by Gasteiger charge is 2.23. The van der Waals surface area contributed by atoms with Crippen LogP contribution in [0.1, 0.15) is 44.7 Å². The van der Waals surface area contributed by atoms with Crippen molar-refractivity contribution in [1.82, 2.24) is 25.3 Å². The molecule has 41 heavy (non-hydrogen) atoms. The molecule has 6 aromatic rings. The van der Waals surface area contributed by atoms with Crippen LogP contribution < -0.4 is 16.4 Å². The van der Waals surface area contributed by atoms with Gasteiger partial charge >= 0.3 is 5.97 Å². The molecule has 0 fully saturated rings. The molecule has 2 aromatic carbocycles. The van der Waals surface area contributed by atoms with Crippen molar-refractivity contribution in [3.8, 4) is 11.1 Å². The third-order valence-electron chi connectivity index (χ3n) is 6.58. The molecule has 0 aliphatic rings. The van der Waals surface area contributed by atoms with Crippen molar-refractivity contribution in [1.29, 1.82) is 0 Å². The maximum atomic E-state index is 13.8. The zero-order valence-electron chi connectivity index (χ0n) is 21.7. The highest BCUT2D eigenvalue weighted by Crippen LogP contribution is 2.35. The number of rotatable bonds is 7. The number of imidazole rings is 1. The first-order chi connectivity index (χ1) is 19.8. The fourth-order valence-electron chi connectivity index (χ4n) is 4.67. The summed E-state index contributed by atoms with van der Waals surface area (Å²) in [7, 11) is 0. The first-order valence-corrected chi connectivity index (χ1v) is 13.6. The molecule has 0 radical (unpaired) electrons. The van der Waals surface area contributed by atoms with Gasteiger partial charge in [0.25, 0.3) is 11.8 Å². The molecule has 0 aliphatic heterocycles. The topological polar surface area (TPSA) is 176 Å². The zero-order valence-corrected chi connectivity index (χ0v) is 22.5. The number of nitrogens with one attached hydrogen (secondary N) is 3. The monoisotopic (exact) mass is 565 g/mol. The number of carbonyl (C=O) groups is 3. The number of amides is 2. The van der Waals surface area contributed by atoms with Gasteiger partial charge in [-0.2, -0.15) is 0 Å². The van der Waals surface area contributed by atoms with Crippen LogP contribution in [0.2, 0.25) is 0 Å². The van der Waals surface area contributed by atoms with Gasteiger partial charge in [0.05, 0.1) is 16.6 Å². The minimum Gasteiger partial charge on any atom is -0.476 e. The summed E-state index contributed by atoms with van der Waals surface area (Å²) in [6.45, 7) is 2.34. The molecule has 2 amide bonds. The van der Waals surface area contributed by atoms with Gasteiger partial charge in [-0.25, -0.2) is 14.8 Å². The van der Waals surface area contributed by atoms with Gasteiger partial charge in [0.1, 0.15) is 5.69 Å². The number of thiophene rings is 1. The fraction of sp³-hybridized carbons (Fsp3) is 0.103. The molecule has 0 bridgehead atoms. The van der Waals surface area contributed by atoms with E-state index < -0.39 is 17.8 Å². The number of nitrogen functional groups attached to an aromatic ring is 1. The minimum atomic E-state index is -1.33. The van der Waals surface area contributed by atoms with Gasteiger partial charge in [-0.05, 0) is 65.9 Å². The molecule has 6 N–H and O–H groups in total. The molecule has 0 saturated heterocycles. The number of aromatic carboxylic acids is 1. The maximum Gasteiger partial charge on any atom is 0.355 e. The molecule has 4 aromatic heterocycles. The van der Waals surface area contributed by atoms with Crippen LogP contribution in [0, 0.1) is 0 Å². The number of anilines is 2. The lowest BCUT2D eigenvalue weighted by atomic mass is 9.94. The molecular weight excluding hydrogens is 542 g/mol. The van der Waals surface area contributed by atoms with E-state index in [1.54, 1.807) is 36.5 Å². The van der Waals surface area contributed by atoms with E-state index in [4.69, 9.17) is 5.73 Å². The third-order valence-corrected chi connectivity index (χ3v) is 7.54. The molecule has 6 rings (SSSR count). The summed E-state index contributed by atoms with van der Waals surface area (Å²) in [5, 5.41) is 19.3. The summed E-state index contributed by atoms with van der Waals surface area (Å²) < 4.78 is 0.949. The zero-order chi connectivity index (χ0) is 28.7. The second-order valence-electron chi connectivity index (χ2n) is 9.34. The number of carboxylic acid groups (broad SMARTS) is 1. The van der Waals surface area contributed by atoms with Crippen LogP contribution in [0.3, 0.4) is 0 Å². The van der Waals surface area contributed by atoms with Crippen LogP contribution in [-0.2, 0) is 0 Å². The second-order valence-corrected chi connectivity index (χ2v) is 10.3. The van der Waals surface area contributed by atoms with Crippen molar-refractivity contribution in [2.75, 3.05) is 17.6 Å². The SMILES string of the molecule is CCCNC(=O)c1ccc(-c2cc3ncc4ccsc4c3cc2C(=O)Nc2ccc3nc(N)[nH]c3c2)c(C(=O)O)n1. The Kier molecular flexibility index (Phi) is 6.52. The number of aromatic nitrogens is 4. The van der Waals surface area contributed by atoms with Crippen LogP contribution in [0.25, 0.3) is 43.1 Å². The number of pyridine rings is 2. The van der Waals surface area contributed by atoms with Gasteiger partial charge in [-0.15, -0.1) is 11.3 Å². The molecule has 11 nitrogen and oxygen atoms in total. The lowest BCUT2D eigenvalue weighted by molar-refractivity contribution is 0.0691. The predicted molar refractivity (Wildman–Crippen MR) is 158 cm³/mol. The van der Waals surface area contributed by atoms with Gasteiger partial charge in [0.15, 0.2) is 11.6 Å². The van der Waals surface area contributed by atoms with E-state index >= 15 is 0 Å². The number of hydrogen-bond donors (Lipinski definition) is 5. The number of carbonyl (C=O) groups excluding carboxylic acids is 2. The fourth-order valence-corrected chi connectivity index (χ4v) is 5.57. The number of H-pyrrole nitrogens is 1. The third kappa shape index (κ3) is 4.80. The maximum absolute atomic E-state index is 13.8. The van der Waals surface area contributed by atoms with E-state index in [1.165, 1.54) is 23.5 Å². The van der Waals surface area contributed by atoms with Crippen LogP contribution in [0.15, 0.2) is 60.1 Å². The Labute approximate surface area is 236 Å². The molecule has 204 valence electrons. The van der Waals surface area contributed by atoms with E-state index in [1.807, 2.05) is 18.4 Å². The van der Waals surface area contributed by atoms with Gasteiger partial charge in [0.2, 0.25) is 0 Å². The standard InChI is InChI=1S/C29H23N7O4S/c1-2-8-31-27(38)21-6-4-16(24(34-21)28(39)40)17-12-22-19(25-14(13-32-22)7-9-41-25)11-18(17)26(37)33-15-3-5-20-23(10-15)36-29(30)35-20/h3-7,9-13H,2,8H2,1H3,(H,31,38)(H,33,37)(H,39,40)(H3,30,35,36). The number of nitrogens with two attached hydrogens (primary N) is 1. The molecule has 0 spiro atoms. The van der Waals surface area contributed by atoms with Crippen LogP contribution in [-0.4, -0.2) is 49.4 Å². The van der Waals surface area contributed by atoms with Crippen molar-refractivity contribution in [2.24, 2.45) is 0 Å². The highest BCUT2D eigenvalue weighted by molar-refractivity contribution is 7.18. The summed E-state index contributed by atoms with van der Waals surface area (Å²) in [4.78, 5) is 54.5. The first kappa shape index (κ1) is 25.9. The van der Waals surface area contributed by atoms with Crippen LogP contribution in [0.5, 0.6) is 0 Å². The largest absolute Gasteiger partial charge is 0.476 e. The Morgan fingerprint density at radius 1 is 1.00 bits per heavy atom. The normalized spacial score (nSPS) is 11.2. The van der Waals surface area contributed by atoms with Gasteiger partial charge in [0, 0.05) is 45.0 Å². The highest BCUT2D eigenvalue weighted by atomic mass is 32.1. The second kappa shape index (κ2) is 10.3. The Morgan fingerprint density at radius 2 is 1.85 bits per heavy atom. The number of nitrogens with zero attached hydrogens (tertiary/aromatic N) is 3. The summed E-state index contributed by atoms with van der Waals surface area (Å²) in [5.41, 5.74) is 8.47. The molecular formula is C29H23N7O4S. The molecule has 12 heteroatoms. The Balaban J connectivity index is 1.51. The number of carboxylic acids is 1. The average molecular weight is 566 g/mol. The van der Waals surface area contributed by atoms with E-state index in [9.17, 15) is 19.5 Å². The molecule has 4 heterocycles. The smallest absolute Gasteiger partial charge is 0.355 e. The quantitative estimate of drug-likeness (QED) is 0.178. The van der Waals surface area contributed by atoms with Gasteiger partial charge in [-0.1, -0.05) is 6.92 Å². The van der Waals surface area contributed by atoms with Crippen molar-refractivity contribution >= 4 is 72.8 Å². The Morgan fingerprint density at radius 3 is 2.66 bits per heavy atom. The lowest BCUT2D eigenvalue weighted by Crippen LogP contribution is -2.25. The summed E-state index contributed by atoms with van der Waals surface area (Å²) in [6.07, 6.45) is 2.46. The predicted octanol–water partition coefficient (Wildman–Crippen LogP) is 5.06. The molecule has 0 saturated carbocycles. The molecule has 0 aliphatic carbocycles. The van der Waals surface area contributed by atoms with Gasteiger partial charge in [-0.3, -0.25) is 14.6 Å². The van der Waals surface area contributed by atoms with E-state index in [0.29, 0.717) is 34.3 Å². The van der Waals surface area contributed by atoms with E-state index in [0.717, 1.165) is 21.9 Å². The number of fused-ring (bicyclic) bond motifs is 4. The number of aromatic amines is 1.